The SMILES string of the molecule is CCc1cc(CN2C(=O)c3ccccc3C2=O)c(OC)nc1C. The zero-order valence-electron chi connectivity index (χ0n) is 13.4. The van der Waals surface area contributed by atoms with E-state index in [0.717, 1.165) is 23.2 Å². The zero-order valence-corrected chi connectivity index (χ0v) is 13.4. The van der Waals surface area contributed by atoms with Gasteiger partial charge in [-0.25, -0.2) is 4.98 Å². The Morgan fingerprint density at radius 2 is 1.70 bits per heavy atom. The van der Waals surface area contributed by atoms with E-state index < -0.39 is 0 Å². The quantitative estimate of drug-likeness (QED) is 0.815. The minimum atomic E-state index is -0.272. The van der Waals surface area contributed by atoms with Gasteiger partial charge in [-0.15, -0.1) is 0 Å². The Labute approximate surface area is 134 Å². The largest absolute Gasteiger partial charge is 0.481 e. The summed E-state index contributed by atoms with van der Waals surface area (Å²) in [6.45, 7) is 4.13. The Kier molecular flexibility index (Phi) is 3.86. The maximum atomic E-state index is 12.5. The molecule has 0 aliphatic carbocycles. The molecule has 118 valence electrons. The Morgan fingerprint density at radius 3 is 2.22 bits per heavy atom. The van der Waals surface area contributed by atoms with Crippen molar-refractivity contribution in [2.75, 3.05) is 7.11 Å². The van der Waals surface area contributed by atoms with Gasteiger partial charge in [0.2, 0.25) is 5.88 Å². The lowest BCUT2D eigenvalue weighted by Crippen LogP contribution is -2.29. The van der Waals surface area contributed by atoms with Crippen LogP contribution in [0.4, 0.5) is 0 Å². The Bertz CT molecular complexity index is 764. The number of hydrogen-bond donors (Lipinski definition) is 0. The van der Waals surface area contributed by atoms with E-state index in [-0.39, 0.29) is 18.4 Å². The predicted molar refractivity (Wildman–Crippen MR) is 85.6 cm³/mol. The molecule has 2 aromatic rings. The van der Waals surface area contributed by atoms with Crippen LogP contribution >= 0.6 is 0 Å². The molecule has 0 saturated carbocycles. The lowest BCUT2D eigenvalue weighted by molar-refractivity contribution is 0.0641. The number of carbonyl (C=O) groups excluding carboxylic acids is 2. The van der Waals surface area contributed by atoms with Gasteiger partial charge in [0.15, 0.2) is 0 Å². The summed E-state index contributed by atoms with van der Waals surface area (Å²) in [7, 11) is 1.54. The summed E-state index contributed by atoms with van der Waals surface area (Å²) in [6.07, 6.45) is 0.831. The standard InChI is InChI=1S/C18H18N2O3/c1-4-12-9-13(16(23-3)19-11(12)2)10-20-17(21)14-7-5-6-8-15(14)18(20)22/h5-9H,4,10H2,1-3H3. The smallest absolute Gasteiger partial charge is 0.261 e. The van der Waals surface area contributed by atoms with Gasteiger partial charge in [0.25, 0.3) is 11.8 Å². The van der Waals surface area contributed by atoms with Crippen molar-refractivity contribution in [3.8, 4) is 5.88 Å². The maximum absolute atomic E-state index is 12.5. The molecule has 1 aromatic heterocycles. The first-order valence-corrected chi connectivity index (χ1v) is 7.55. The number of amides is 2. The highest BCUT2D eigenvalue weighted by atomic mass is 16.5. The molecule has 0 N–H and O–H groups in total. The van der Waals surface area contributed by atoms with Crippen LogP contribution in [0.25, 0.3) is 0 Å². The number of imide groups is 1. The van der Waals surface area contributed by atoms with Crippen molar-refractivity contribution in [1.82, 2.24) is 9.88 Å². The first-order chi connectivity index (χ1) is 11.1. The lowest BCUT2D eigenvalue weighted by atomic mass is 10.1. The molecule has 2 amide bonds. The van der Waals surface area contributed by atoms with Crippen LogP contribution in [0.5, 0.6) is 5.88 Å². The summed E-state index contributed by atoms with van der Waals surface area (Å²) >= 11 is 0. The van der Waals surface area contributed by atoms with Crippen LogP contribution in [0.2, 0.25) is 0 Å². The highest BCUT2D eigenvalue weighted by Crippen LogP contribution is 2.27. The summed E-state index contributed by atoms with van der Waals surface area (Å²) < 4.78 is 5.32. The number of aryl methyl sites for hydroxylation is 2. The van der Waals surface area contributed by atoms with Crippen molar-refractivity contribution in [3.05, 3.63) is 58.3 Å². The van der Waals surface area contributed by atoms with E-state index in [1.54, 1.807) is 31.4 Å². The average molecular weight is 310 g/mol. The normalized spacial score (nSPS) is 13.4. The van der Waals surface area contributed by atoms with E-state index in [9.17, 15) is 9.59 Å². The van der Waals surface area contributed by atoms with Gasteiger partial charge in [0.05, 0.1) is 24.8 Å². The van der Waals surface area contributed by atoms with Gasteiger partial charge in [0, 0.05) is 11.3 Å². The fourth-order valence-electron chi connectivity index (χ4n) is 2.87. The number of fused-ring (bicyclic) bond motifs is 1. The Hall–Kier alpha value is -2.69. The summed E-state index contributed by atoms with van der Waals surface area (Å²) in [6, 6.07) is 8.84. The second kappa shape index (κ2) is 5.83. The second-order valence-electron chi connectivity index (χ2n) is 5.50. The van der Waals surface area contributed by atoms with Gasteiger partial charge in [-0.3, -0.25) is 14.5 Å². The van der Waals surface area contributed by atoms with Gasteiger partial charge in [0.1, 0.15) is 0 Å². The molecule has 5 nitrogen and oxygen atoms in total. The van der Waals surface area contributed by atoms with Gasteiger partial charge >= 0.3 is 0 Å². The molecule has 3 rings (SSSR count). The van der Waals surface area contributed by atoms with Crippen molar-refractivity contribution in [2.24, 2.45) is 0 Å². The molecule has 5 heteroatoms. The third kappa shape index (κ3) is 2.48. The Morgan fingerprint density at radius 1 is 1.09 bits per heavy atom. The van der Waals surface area contributed by atoms with Crippen molar-refractivity contribution in [3.63, 3.8) is 0 Å². The molecule has 1 aliphatic heterocycles. The number of carbonyl (C=O) groups is 2. The molecular formula is C18H18N2O3. The molecule has 1 aromatic carbocycles. The summed E-state index contributed by atoms with van der Waals surface area (Å²) in [5.74, 6) is -0.0891. The molecule has 0 spiro atoms. The van der Waals surface area contributed by atoms with E-state index in [2.05, 4.69) is 4.98 Å². The molecule has 0 atom stereocenters. The van der Waals surface area contributed by atoms with Crippen molar-refractivity contribution in [2.45, 2.75) is 26.8 Å². The van der Waals surface area contributed by atoms with E-state index in [1.165, 1.54) is 4.90 Å². The number of methoxy groups -OCH3 is 1. The maximum Gasteiger partial charge on any atom is 0.261 e. The minimum Gasteiger partial charge on any atom is -0.481 e. The molecule has 0 saturated heterocycles. The number of ether oxygens (including phenoxy) is 1. The fourth-order valence-corrected chi connectivity index (χ4v) is 2.87. The van der Waals surface area contributed by atoms with Crippen LogP contribution < -0.4 is 4.74 Å². The van der Waals surface area contributed by atoms with Crippen molar-refractivity contribution < 1.29 is 14.3 Å². The number of rotatable bonds is 4. The number of benzene rings is 1. The van der Waals surface area contributed by atoms with Crippen LogP contribution in [0, 0.1) is 6.92 Å². The van der Waals surface area contributed by atoms with E-state index >= 15 is 0 Å². The zero-order chi connectivity index (χ0) is 16.6. The first-order valence-electron chi connectivity index (χ1n) is 7.55. The molecular weight excluding hydrogens is 292 g/mol. The minimum absolute atomic E-state index is 0.163. The van der Waals surface area contributed by atoms with Crippen molar-refractivity contribution >= 4 is 11.8 Å². The van der Waals surface area contributed by atoms with Gasteiger partial charge in [-0.1, -0.05) is 19.1 Å². The third-order valence-electron chi connectivity index (χ3n) is 4.14. The molecule has 23 heavy (non-hydrogen) atoms. The van der Waals surface area contributed by atoms with E-state index in [1.807, 2.05) is 19.9 Å². The van der Waals surface area contributed by atoms with E-state index in [4.69, 9.17) is 4.74 Å². The molecule has 0 bridgehead atoms. The number of hydrogen-bond acceptors (Lipinski definition) is 4. The predicted octanol–water partition coefficient (Wildman–Crippen LogP) is 2.76. The highest BCUT2D eigenvalue weighted by Gasteiger charge is 2.35. The second-order valence-corrected chi connectivity index (χ2v) is 5.50. The highest BCUT2D eigenvalue weighted by molar-refractivity contribution is 6.21. The fraction of sp³-hybridized carbons (Fsp3) is 0.278. The topological polar surface area (TPSA) is 59.5 Å². The summed E-state index contributed by atoms with van der Waals surface area (Å²) in [5, 5.41) is 0. The monoisotopic (exact) mass is 310 g/mol. The van der Waals surface area contributed by atoms with Gasteiger partial charge in [-0.2, -0.15) is 0 Å². The number of pyridine rings is 1. The molecule has 1 aliphatic rings. The molecule has 0 radical (unpaired) electrons. The van der Waals surface area contributed by atoms with Crippen LogP contribution in [-0.4, -0.2) is 28.8 Å². The van der Waals surface area contributed by atoms with Gasteiger partial charge in [-0.05, 0) is 37.1 Å². The van der Waals surface area contributed by atoms with Gasteiger partial charge < -0.3 is 4.74 Å². The first kappa shape index (κ1) is 15.2. The lowest BCUT2D eigenvalue weighted by Gasteiger charge is -2.17. The molecule has 0 fully saturated rings. The summed E-state index contributed by atoms with van der Waals surface area (Å²) in [4.78, 5) is 30.6. The third-order valence-corrected chi connectivity index (χ3v) is 4.14. The van der Waals surface area contributed by atoms with Crippen molar-refractivity contribution in [1.29, 1.82) is 0 Å². The average Bonchev–Trinajstić information content (AvgIpc) is 2.81. The van der Waals surface area contributed by atoms with Crippen LogP contribution in [0.1, 0.15) is 44.5 Å². The number of nitrogens with zero attached hydrogens (tertiary/aromatic N) is 2. The van der Waals surface area contributed by atoms with Crippen LogP contribution in [-0.2, 0) is 13.0 Å². The number of aromatic nitrogens is 1. The van der Waals surface area contributed by atoms with E-state index in [0.29, 0.717) is 17.0 Å². The molecule has 2 heterocycles. The van der Waals surface area contributed by atoms with Crippen LogP contribution in [0.15, 0.2) is 30.3 Å². The summed E-state index contributed by atoms with van der Waals surface area (Å²) in [5.41, 5.74) is 3.62. The Balaban J connectivity index is 1.97. The molecule has 0 unspecified atom stereocenters. The van der Waals surface area contributed by atoms with Crippen LogP contribution in [0.3, 0.4) is 0 Å².